The molecule has 0 aliphatic carbocycles. The predicted octanol–water partition coefficient (Wildman–Crippen LogP) is 2.21. The lowest BCUT2D eigenvalue weighted by molar-refractivity contribution is -0.0285. The van der Waals surface area contributed by atoms with E-state index in [1.165, 1.54) is 0 Å². The molecule has 0 spiro atoms. The molecule has 0 radical (unpaired) electrons. The van der Waals surface area contributed by atoms with Crippen LogP contribution >= 0.6 is 27.5 Å². The van der Waals surface area contributed by atoms with Gasteiger partial charge in [-0.2, -0.15) is 0 Å². The fraction of sp³-hybridized carbons (Fsp3) is 0.455. The average molecular weight is 488 g/mol. The Hall–Kier alpha value is -0.620. The zero-order valence-electron chi connectivity index (χ0n) is 16.1. The summed E-state index contributed by atoms with van der Waals surface area (Å²) in [5.41, 5.74) is 1.13. The van der Waals surface area contributed by atoms with Gasteiger partial charge in [0, 0.05) is 35.0 Å². The number of benzene rings is 2. The number of hydrogen-bond donors (Lipinski definition) is 1. The average Bonchev–Trinajstić information content (AvgIpc) is 2.68. The van der Waals surface area contributed by atoms with E-state index in [0.29, 0.717) is 11.4 Å². The zero-order valence-corrected chi connectivity index (χ0v) is 19.2. The first kappa shape index (κ1) is 23.7. The number of halogens is 3. The van der Waals surface area contributed by atoms with Crippen molar-refractivity contribution in [2.24, 2.45) is 0 Å². The molecule has 1 fully saturated rings. The summed E-state index contributed by atoms with van der Waals surface area (Å²) in [5, 5.41) is 12.7. The Bertz CT molecular complexity index is 720. The first-order valence-corrected chi connectivity index (χ1v) is 10.7. The molecule has 0 amide bonds. The van der Waals surface area contributed by atoms with E-state index in [9.17, 15) is 5.11 Å². The van der Waals surface area contributed by atoms with Crippen molar-refractivity contribution in [2.45, 2.75) is 31.3 Å². The minimum atomic E-state index is -0.943. The SMILES string of the molecule is CCCC(O)(c1ccc(Br)cc1)C(CN1CCOCC1)c1ccc(Cl)cc1.[Cl-]. The first-order valence-electron chi connectivity index (χ1n) is 9.57. The van der Waals surface area contributed by atoms with Gasteiger partial charge in [-0.3, -0.25) is 4.90 Å². The highest BCUT2D eigenvalue weighted by Gasteiger charge is 2.39. The summed E-state index contributed by atoms with van der Waals surface area (Å²) in [6.07, 6.45) is 1.60. The third kappa shape index (κ3) is 5.71. The fourth-order valence-corrected chi connectivity index (χ4v) is 4.30. The molecule has 1 aliphatic heterocycles. The number of nitrogens with zero attached hydrogens (tertiary/aromatic N) is 1. The number of rotatable bonds is 7. The Morgan fingerprint density at radius 1 is 1.11 bits per heavy atom. The Balaban J connectivity index is 0.00000280. The molecule has 1 heterocycles. The van der Waals surface area contributed by atoms with Crippen molar-refractivity contribution in [3.63, 3.8) is 0 Å². The van der Waals surface area contributed by atoms with Gasteiger partial charge in [-0.05, 0) is 41.8 Å². The highest BCUT2D eigenvalue weighted by Crippen LogP contribution is 2.42. The van der Waals surface area contributed by atoms with Crippen LogP contribution in [-0.4, -0.2) is 42.9 Å². The third-order valence-corrected chi connectivity index (χ3v) is 6.15. The van der Waals surface area contributed by atoms with Crippen LogP contribution in [0.3, 0.4) is 0 Å². The molecule has 1 N–H and O–H groups in total. The number of hydrogen-bond acceptors (Lipinski definition) is 3. The topological polar surface area (TPSA) is 32.7 Å². The smallest absolute Gasteiger partial charge is 0.0976 e. The highest BCUT2D eigenvalue weighted by molar-refractivity contribution is 9.10. The van der Waals surface area contributed by atoms with Crippen molar-refractivity contribution in [3.05, 3.63) is 69.2 Å². The van der Waals surface area contributed by atoms with Crippen molar-refractivity contribution in [3.8, 4) is 0 Å². The van der Waals surface area contributed by atoms with Crippen LogP contribution < -0.4 is 12.4 Å². The largest absolute Gasteiger partial charge is 1.00 e. The second-order valence-corrected chi connectivity index (χ2v) is 8.55. The summed E-state index contributed by atoms with van der Waals surface area (Å²) in [7, 11) is 0. The van der Waals surface area contributed by atoms with Gasteiger partial charge in [0.25, 0.3) is 0 Å². The van der Waals surface area contributed by atoms with Gasteiger partial charge in [-0.1, -0.05) is 65.1 Å². The first-order chi connectivity index (χ1) is 13.0. The molecular weight excluding hydrogens is 461 g/mol. The molecule has 2 atom stereocenters. The van der Waals surface area contributed by atoms with E-state index in [2.05, 4.69) is 27.8 Å². The van der Waals surface area contributed by atoms with Crippen LogP contribution in [0.2, 0.25) is 5.02 Å². The lowest BCUT2D eigenvalue weighted by Gasteiger charge is -2.41. The minimum absolute atomic E-state index is 0. The summed E-state index contributed by atoms with van der Waals surface area (Å²) in [6.45, 7) is 6.20. The predicted molar refractivity (Wildman–Crippen MR) is 114 cm³/mol. The highest BCUT2D eigenvalue weighted by atomic mass is 79.9. The van der Waals surface area contributed by atoms with Gasteiger partial charge < -0.3 is 22.3 Å². The van der Waals surface area contributed by atoms with E-state index < -0.39 is 5.60 Å². The van der Waals surface area contributed by atoms with E-state index in [-0.39, 0.29) is 18.3 Å². The van der Waals surface area contributed by atoms with Gasteiger partial charge in [-0.15, -0.1) is 0 Å². The van der Waals surface area contributed by atoms with Gasteiger partial charge in [0.15, 0.2) is 0 Å². The van der Waals surface area contributed by atoms with E-state index in [1.807, 2.05) is 48.5 Å². The maximum absolute atomic E-state index is 12.0. The van der Waals surface area contributed by atoms with Crippen LogP contribution in [0.25, 0.3) is 0 Å². The molecule has 6 heteroatoms. The van der Waals surface area contributed by atoms with E-state index in [4.69, 9.17) is 16.3 Å². The Morgan fingerprint density at radius 3 is 2.29 bits per heavy atom. The molecule has 2 aromatic rings. The monoisotopic (exact) mass is 486 g/mol. The third-order valence-electron chi connectivity index (χ3n) is 5.37. The van der Waals surface area contributed by atoms with Crippen LogP contribution in [0.15, 0.2) is 53.0 Å². The second kappa shape index (κ2) is 11.0. The van der Waals surface area contributed by atoms with Crippen LogP contribution in [-0.2, 0) is 10.3 Å². The fourth-order valence-electron chi connectivity index (χ4n) is 3.91. The molecular formula is C22H27BrCl2NO2-. The molecule has 1 saturated heterocycles. The standard InChI is InChI=1S/C22H27BrClNO2.ClH/c1-2-11-22(26,18-5-7-19(23)8-6-18)21(16-25-12-14-27-15-13-25)17-3-9-20(24)10-4-17;/h3-10,21,26H,2,11-16H2,1H3;1H/p-1. The molecule has 0 aromatic heterocycles. The normalized spacial score (nSPS) is 18.1. The quantitative estimate of drug-likeness (QED) is 0.649. The van der Waals surface area contributed by atoms with E-state index in [0.717, 1.165) is 54.9 Å². The van der Waals surface area contributed by atoms with Crippen molar-refractivity contribution in [1.29, 1.82) is 0 Å². The van der Waals surface area contributed by atoms with Crippen LogP contribution in [0, 0.1) is 0 Å². The van der Waals surface area contributed by atoms with Crippen molar-refractivity contribution >= 4 is 27.5 Å². The Morgan fingerprint density at radius 2 is 1.71 bits per heavy atom. The van der Waals surface area contributed by atoms with E-state index in [1.54, 1.807) is 0 Å². The van der Waals surface area contributed by atoms with Gasteiger partial charge in [0.2, 0.25) is 0 Å². The van der Waals surface area contributed by atoms with Gasteiger partial charge in [0.05, 0.1) is 18.8 Å². The Kier molecular flexibility index (Phi) is 9.26. The Labute approximate surface area is 187 Å². The van der Waals surface area contributed by atoms with Crippen molar-refractivity contribution < 1.29 is 22.3 Å². The minimum Gasteiger partial charge on any atom is -1.00 e. The number of aliphatic hydroxyl groups is 1. The lowest BCUT2D eigenvalue weighted by atomic mass is 9.74. The molecule has 2 unspecified atom stereocenters. The summed E-state index contributed by atoms with van der Waals surface area (Å²) in [5.74, 6) is -0.0472. The molecule has 0 saturated carbocycles. The molecule has 28 heavy (non-hydrogen) atoms. The molecule has 2 aromatic carbocycles. The summed E-state index contributed by atoms with van der Waals surface area (Å²) >= 11 is 9.63. The van der Waals surface area contributed by atoms with Gasteiger partial charge >= 0.3 is 0 Å². The van der Waals surface area contributed by atoms with Crippen LogP contribution in [0.5, 0.6) is 0 Å². The molecule has 0 bridgehead atoms. The lowest BCUT2D eigenvalue weighted by Crippen LogP contribution is -3.00. The zero-order chi connectivity index (χ0) is 19.3. The molecule has 3 nitrogen and oxygen atoms in total. The number of ether oxygens (including phenoxy) is 1. The molecule has 1 aliphatic rings. The maximum atomic E-state index is 12.0. The van der Waals surface area contributed by atoms with Gasteiger partial charge in [0.1, 0.15) is 0 Å². The number of morpholine rings is 1. The van der Waals surface area contributed by atoms with Crippen molar-refractivity contribution in [2.75, 3.05) is 32.8 Å². The van der Waals surface area contributed by atoms with E-state index >= 15 is 0 Å². The van der Waals surface area contributed by atoms with Crippen molar-refractivity contribution in [1.82, 2.24) is 4.90 Å². The molecule has 3 rings (SSSR count). The molecule has 154 valence electrons. The maximum Gasteiger partial charge on any atom is 0.0976 e. The van der Waals surface area contributed by atoms with Gasteiger partial charge in [-0.25, -0.2) is 0 Å². The van der Waals surface area contributed by atoms with Crippen LogP contribution in [0.1, 0.15) is 36.8 Å². The second-order valence-electron chi connectivity index (χ2n) is 7.20. The summed E-state index contributed by atoms with van der Waals surface area (Å²) in [6, 6.07) is 16.0. The van der Waals surface area contributed by atoms with Crippen LogP contribution in [0.4, 0.5) is 0 Å². The summed E-state index contributed by atoms with van der Waals surface area (Å²) < 4.78 is 6.52. The summed E-state index contributed by atoms with van der Waals surface area (Å²) in [4.78, 5) is 2.39.